The molecular weight excluding hydrogens is 280 g/mol. The Kier molecular flexibility index (Phi) is 4.18. The second-order valence-corrected chi connectivity index (χ2v) is 5.34. The third-order valence-electron chi connectivity index (χ3n) is 3.07. The lowest BCUT2D eigenvalue weighted by atomic mass is 10.1. The van der Waals surface area contributed by atoms with Gasteiger partial charge in [-0.05, 0) is 44.0 Å². The Hall–Kier alpha value is -0.870. The number of benzene rings is 1. The van der Waals surface area contributed by atoms with Crippen LogP contribution in [0.2, 0.25) is 0 Å². The quantitative estimate of drug-likeness (QED) is 0.879. The van der Waals surface area contributed by atoms with Gasteiger partial charge in [-0.25, -0.2) is 0 Å². The number of hydrogen-bond donors (Lipinski definition) is 2. The summed E-state index contributed by atoms with van der Waals surface area (Å²) >= 11 is 3.45. The van der Waals surface area contributed by atoms with Gasteiger partial charge in [-0.15, -0.1) is 0 Å². The smallest absolute Gasteiger partial charge is 0.251 e. The zero-order valence-corrected chi connectivity index (χ0v) is 11.5. The number of carbonyl (C=O) groups excluding carboxylic acids is 1. The largest absolute Gasteiger partial charge is 0.348 e. The van der Waals surface area contributed by atoms with Crippen LogP contribution >= 0.6 is 15.9 Å². The molecule has 3 nitrogen and oxygen atoms in total. The van der Waals surface area contributed by atoms with Crippen LogP contribution in [0.5, 0.6) is 0 Å². The van der Waals surface area contributed by atoms with Crippen LogP contribution in [0.15, 0.2) is 22.7 Å². The number of aryl methyl sites for hydroxylation is 1. The van der Waals surface area contributed by atoms with Crippen molar-refractivity contribution in [2.24, 2.45) is 0 Å². The summed E-state index contributed by atoms with van der Waals surface area (Å²) in [6, 6.07) is 5.96. The van der Waals surface area contributed by atoms with Gasteiger partial charge in [0, 0.05) is 22.6 Å². The van der Waals surface area contributed by atoms with Gasteiger partial charge in [-0.2, -0.15) is 0 Å². The first-order chi connectivity index (χ1) is 8.16. The normalized spacial score (nSPS) is 20.0. The van der Waals surface area contributed by atoms with Crippen molar-refractivity contribution < 1.29 is 4.79 Å². The van der Waals surface area contributed by atoms with E-state index in [-0.39, 0.29) is 11.9 Å². The molecule has 1 aliphatic rings. The monoisotopic (exact) mass is 296 g/mol. The first-order valence-corrected chi connectivity index (χ1v) is 6.74. The maximum atomic E-state index is 12.0. The Bertz CT molecular complexity index is 414. The van der Waals surface area contributed by atoms with Gasteiger partial charge in [0.1, 0.15) is 0 Å². The lowest BCUT2D eigenvalue weighted by molar-refractivity contribution is 0.0930. The second-order valence-electron chi connectivity index (χ2n) is 4.48. The molecule has 2 N–H and O–H groups in total. The van der Waals surface area contributed by atoms with E-state index in [0.29, 0.717) is 5.56 Å². The molecule has 0 unspecified atom stereocenters. The number of amides is 1. The number of halogens is 1. The average molecular weight is 297 g/mol. The summed E-state index contributed by atoms with van der Waals surface area (Å²) in [5.74, 6) is 0.0133. The fourth-order valence-corrected chi connectivity index (χ4v) is 2.36. The standard InChI is InChI=1S/C13H17BrN2O/c1-9-4-5-10(7-12(9)14)13(17)16-11-3-2-6-15-8-11/h4-5,7,11,15H,2-3,6,8H2,1H3,(H,16,17)/t11-/m1/s1. The van der Waals surface area contributed by atoms with E-state index < -0.39 is 0 Å². The zero-order valence-electron chi connectivity index (χ0n) is 9.92. The van der Waals surface area contributed by atoms with Crippen LogP contribution in [0, 0.1) is 6.92 Å². The third kappa shape index (κ3) is 3.30. The van der Waals surface area contributed by atoms with Crippen LogP contribution in [0.1, 0.15) is 28.8 Å². The van der Waals surface area contributed by atoms with E-state index in [0.717, 1.165) is 36.0 Å². The maximum absolute atomic E-state index is 12.0. The molecule has 1 atom stereocenters. The van der Waals surface area contributed by atoms with Gasteiger partial charge in [-0.1, -0.05) is 22.0 Å². The van der Waals surface area contributed by atoms with Crippen molar-refractivity contribution >= 4 is 21.8 Å². The first kappa shape index (κ1) is 12.6. The summed E-state index contributed by atoms with van der Waals surface area (Å²) in [5.41, 5.74) is 1.86. The Morgan fingerprint density at radius 2 is 2.35 bits per heavy atom. The number of carbonyl (C=O) groups is 1. The van der Waals surface area contributed by atoms with Gasteiger partial charge in [0.2, 0.25) is 0 Å². The SMILES string of the molecule is Cc1ccc(C(=O)N[C@@H]2CCCNC2)cc1Br. The minimum atomic E-state index is 0.0133. The number of nitrogens with one attached hydrogen (secondary N) is 2. The molecule has 1 aromatic rings. The van der Waals surface area contributed by atoms with Crippen molar-refractivity contribution in [1.82, 2.24) is 10.6 Å². The first-order valence-electron chi connectivity index (χ1n) is 5.94. The summed E-state index contributed by atoms with van der Waals surface area (Å²) in [5, 5.41) is 6.35. The van der Waals surface area contributed by atoms with Gasteiger partial charge < -0.3 is 10.6 Å². The lowest BCUT2D eigenvalue weighted by Gasteiger charge is -2.23. The number of rotatable bonds is 2. The molecule has 1 aliphatic heterocycles. The minimum absolute atomic E-state index is 0.0133. The van der Waals surface area contributed by atoms with Gasteiger partial charge in [0.15, 0.2) is 0 Å². The summed E-state index contributed by atoms with van der Waals surface area (Å²) in [4.78, 5) is 12.0. The highest BCUT2D eigenvalue weighted by molar-refractivity contribution is 9.10. The maximum Gasteiger partial charge on any atom is 0.251 e. The second kappa shape index (κ2) is 5.65. The molecule has 1 saturated heterocycles. The van der Waals surface area contributed by atoms with E-state index in [1.54, 1.807) is 0 Å². The van der Waals surface area contributed by atoms with Gasteiger partial charge in [-0.3, -0.25) is 4.79 Å². The van der Waals surface area contributed by atoms with E-state index in [4.69, 9.17) is 0 Å². The van der Waals surface area contributed by atoms with Crippen LogP contribution in [0.4, 0.5) is 0 Å². The highest BCUT2D eigenvalue weighted by Gasteiger charge is 2.16. The fraction of sp³-hybridized carbons (Fsp3) is 0.462. The Labute approximate surface area is 110 Å². The van der Waals surface area contributed by atoms with E-state index in [1.165, 1.54) is 0 Å². The highest BCUT2D eigenvalue weighted by atomic mass is 79.9. The molecule has 4 heteroatoms. The van der Waals surface area contributed by atoms with Crippen molar-refractivity contribution in [2.75, 3.05) is 13.1 Å². The van der Waals surface area contributed by atoms with E-state index in [9.17, 15) is 4.79 Å². The molecule has 1 amide bonds. The Morgan fingerprint density at radius 1 is 1.53 bits per heavy atom. The average Bonchev–Trinajstić information content (AvgIpc) is 2.34. The predicted octanol–water partition coefficient (Wildman–Crippen LogP) is 2.24. The van der Waals surface area contributed by atoms with Gasteiger partial charge in [0.25, 0.3) is 5.91 Å². The number of piperidine rings is 1. The third-order valence-corrected chi connectivity index (χ3v) is 3.92. The molecule has 0 aliphatic carbocycles. The van der Waals surface area contributed by atoms with Crippen LogP contribution < -0.4 is 10.6 Å². The van der Waals surface area contributed by atoms with E-state index >= 15 is 0 Å². The van der Waals surface area contributed by atoms with Gasteiger partial charge >= 0.3 is 0 Å². The van der Waals surface area contributed by atoms with Crippen molar-refractivity contribution in [3.63, 3.8) is 0 Å². The summed E-state index contributed by atoms with van der Waals surface area (Å²) in [6.07, 6.45) is 2.19. The van der Waals surface area contributed by atoms with Crippen molar-refractivity contribution in [2.45, 2.75) is 25.8 Å². The molecule has 0 saturated carbocycles. The van der Waals surface area contributed by atoms with Crippen molar-refractivity contribution in [3.05, 3.63) is 33.8 Å². The zero-order chi connectivity index (χ0) is 12.3. The summed E-state index contributed by atoms with van der Waals surface area (Å²) in [7, 11) is 0. The van der Waals surface area contributed by atoms with Crippen molar-refractivity contribution in [3.8, 4) is 0 Å². The van der Waals surface area contributed by atoms with Gasteiger partial charge in [0.05, 0.1) is 0 Å². The fourth-order valence-electron chi connectivity index (χ4n) is 1.98. The molecule has 1 aromatic carbocycles. The van der Waals surface area contributed by atoms with Crippen LogP contribution in [0.25, 0.3) is 0 Å². The predicted molar refractivity (Wildman–Crippen MR) is 72.2 cm³/mol. The molecule has 1 fully saturated rings. The molecular formula is C13H17BrN2O. The molecule has 2 rings (SSSR count). The molecule has 92 valence electrons. The molecule has 0 aromatic heterocycles. The van der Waals surface area contributed by atoms with Crippen LogP contribution in [-0.4, -0.2) is 25.0 Å². The highest BCUT2D eigenvalue weighted by Crippen LogP contribution is 2.17. The van der Waals surface area contributed by atoms with Crippen LogP contribution in [0.3, 0.4) is 0 Å². The lowest BCUT2D eigenvalue weighted by Crippen LogP contribution is -2.45. The van der Waals surface area contributed by atoms with Crippen molar-refractivity contribution in [1.29, 1.82) is 0 Å². The molecule has 17 heavy (non-hydrogen) atoms. The van der Waals surface area contributed by atoms with Crippen LogP contribution in [-0.2, 0) is 0 Å². The topological polar surface area (TPSA) is 41.1 Å². The molecule has 0 radical (unpaired) electrons. The summed E-state index contributed by atoms with van der Waals surface area (Å²) < 4.78 is 0.979. The Balaban J connectivity index is 2.01. The van der Waals surface area contributed by atoms with E-state index in [2.05, 4.69) is 26.6 Å². The minimum Gasteiger partial charge on any atom is -0.348 e. The van der Waals surface area contributed by atoms with E-state index in [1.807, 2.05) is 25.1 Å². The summed E-state index contributed by atoms with van der Waals surface area (Å²) in [6.45, 7) is 3.94. The molecule has 0 spiro atoms. The number of hydrogen-bond acceptors (Lipinski definition) is 2. The molecule has 1 heterocycles. The Morgan fingerprint density at radius 3 is 3.00 bits per heavy atom. The molecule has 0 bridgehead atoms.